The minimum Gasteiger partial charge on any atom is -0.510 e. The Balaban J connectivity index is 0.000000159. The number of hydrogen-bond donors (Lipinski definition) is 0. The van der Waals surface area contributed by atoms with E-state index in [1.54, 1.807) is 6.07 Å². The number of hydrogen-bond acceptors (Lipinski definition) is 1. The molecule has 1 atom stereocenters. The van der Waals surface area contributed by atoms with Crippen LogP contribution in [-0.4, -0.2) is 0 Å². The number of furan rings is 1. The molecule has 0 bridgehead atoms. The summed E-state index contributed by atoms with van der Waals surface area (Å²) in [6.07, 6.45) is 0. The molecule has 1 nitrogen and oxygen atoms in total. The van der Waals surface area contributed by atoms with Crippen LogP contribution in [0.4, 0.5) is 4.39 Å². The summed E-state index contributed by atoms with van der Waals surface area (Å²) >= 11 is 0. The standard InChI is InChI=1S/C28H22.C18H9FO.Ir/c1-19(2)22-17-18-23(20-11-5-3-6-12-20)28-26(21-13-7-4-8-14-21)24-15-9-10-16-25(24)27(22)28;19-13-10-8-12(9-11-13)14-5-3-6-16-15-4-1-2-7-17(15)20-18(14)16;/h3-11,13-17,19,26H,1-2H3;1-4,6-8,10-11H;/q2*-2;. The van der Waals surface area contributed by atoms with Gasteiger partial charge in [0.1, 0.15) is 5.58 Å². The van der Waals surface area contributed by atoms with Crippen LogP contribution in [0.1, 0.15) is 47.9 Å². The molecular weight excluding hydrogens is 780 g/mol. The third-order valence-corrected chi connectivity index (χ3v) is 9.15. The second-order valence-corrected chi connectivity index (χ2v) is 12.4. The molecule has 9 rings (SSSR count). The van der Waals surface area contributed by atoms with Gasteiger partial charge in [0.05, 0.1) is 0 Å². The quantitative estimate of drug-likeness (QED) is 0.161. The number of benzene rings is 7. The first-order valence-corrected chi connectivity index (χ1v) is 16.3. The van der Waals surface area contributed by atoms with Crippen molar-refractivity contribution >= 4 is 21.9 Å². The maximum atomic E-state index is 13.0. The van der Waals surface area contributed by atoms with E-state index < -0.39 is 0 Å². The van der Waals surface area contributed by atoms with E-state index in [2.05, 4.69) is 111 Å². The zero-order valence-electron chi connectivity index (χ0n) is 27.1. The molecule has 1 heterocycles. The third kappa shape index (κ3) is 5.95. The van der Waals surface area contributed by atoms with E-state index in [0.29, 0.717) is 5.92 Å². The van der Waals surface area contributed by atoms with Crippen molar-refractivity contribution in [3.05, 3.63) is 192 Å². The Kier molecular flexibility index (Phi) is 9.15. The van der Waals surface area contributed by atoms with E-state index in [9.17, 15) is 4.39 Å². The van der Waals surface area contributed by atoms with Gasteiger partial charge in [0.15, 0.2) is 0 Å². The first-order chi connectivity index (χ1) is 23.6. The van der Waals surface area contributed by atoms with Gasteiger partial charge in [-0.2, -0.15) is 71.8 Å². The molecule has 8 aromatic rings. The largest absolute Gasteiger partial charge is 0.510 e. The maximum absolute atomic E-state index is 13.0. The van der Waals surface area contributed by atoms with Gasteiger partial charge >= 0.3 is 0 Å². The van der Waals surface area contributed by atoms with E-state index in [1.165, 1.54) is 51.1 Å². The predicted molar refractivity (Wildman–Crippen MR) is 193 cm³/mol. The maximum Gasteiger partial charge on any atom is 0.119 e. The van der Waals surface area contributed by atoms with Crippen molar-refractivity contribution in [2.24, 2.45) is 0 Å². The second kappa shape index (κ2) is 13.8. The Bertz CT molecular complexity index is 2370. The summed E-state index contributed by atoms with van der Waals surface area (Å²) in [5, 5.41) is 2.10. The Labute approximate surface area is 300 Å². The van der Waals surface area contributed by atoms with Crippen LogP contribution in [0, 0.1) is 30.1 Å². The van der Waals surface area contributed by atoms with E-state index in [0.717, 1.165) is 38.6 Å². The van der Waals surface area contributed by atoms with Crippen LogP contribution in [0.3, 0.4) is 0 Å². The topological polar surface area (TPSA) is 13.1 Å². The molecule has 241 valence electrons. The Morgan fingerprint density at radius 1 is 0.633 bits per heavy atom. The molecule has 1 aliphatic rings. The van der Waals surface area contributed by atoms with E-state index >= 15 is 0 Å². The summed E-state index contributed by atoms with van der Waals surface area (Å²) in [5.74, 6) is 0.373. The van der Waals surface area contributed by atoms with Crippen LogP contribution in [0.15, 0.2) is 144 Å². The number of para-hydroxylation sites is 1. The van der Waals surface area contributed by atoms with E-state index in [4.69, 9.17) is 4.42 Å². The van der Waals surface area contributed by atoms with Crippen molar-refractivity contribution in [3.63, 3.8) is 0 Å². The fraction of sp³-hybridized carbons (Fsp3) is 0.0870. The minimum absolute atomic E-state index is 0. The molecule has 1 aromatic heterocycles. The van der Waals surface area contributed by atoms with Gasteiger partial charge in [0.2, 0.25) is 0 Å². The first kappa shape index (κ1) is 32.5. The molecule has 0 spiro atoms. The number of fused-ring (bicyclic) bond motifs is 6. The summed E-state index contributed by atoms with van der Waals surface area (Å²) in [5.41, 5.74) is 13.7. The zero-order chi connectivity index (χ0) is 32.6. The Morgan fingerprint density at radius 2 is 1.39 bits per heavy atom. The van der Waals surface area contributed by atoms with Crippen molar-refractivity contribution in [2.45, 2.75) is 25.7 Å². The van der Waals surface area contributed by atoms with Crippen LogP contribution < -0.4 is 0 Å². The molecular formula is C46H31FIrO-4. The van der Waals surface area contributed by atoms with Gasteiger partial charge in [0.25, 0.3) is 0 Å². The van der Waals surface area contributed by atoms with Crippen LogP contribution in [-0.2, 0) is 20.1 Å². The normalized spacial score (nSPS) is 13.0. The van der Waals surface area contributed by atoms with Crippen molar-refractivity contribution in [2.75, 3.05) is 0 Å². The van der Waals surface area contributed by atoms with Crippen LogP contribution in [0.25, 0.3) is 55.3 Å². The van der Waals surface area contributed by atoms with Crippen LogP contribution in [0.2, 0.25) is 0 Å². The summed E-state index contributed by atoms with van der Waals surface area (Å²) in [7, 11) is 0. The molecule has 1 aliphatic carbocycles. The molecule has 1 unspecified atom stereocenters. The molecule has 0 saturated heterocycles. The molecule has 3 heteroatoms. The fourth-order valence-corrected chi connectivity index (χ4v) is 6.97. The molecule has 0 aliphatic heterocycles. The van der Waals surface area contributed by atoms with E-state index in [-0.39, 0.29) is 31.8 Å². The van der Waals surface area contributed by atoms with Crippen molar-refractivity contribution in [1.82, 2.24) is 0 Å². The van der Waals surface area contributed by atoms with Gasteiger partial charge in [-0.3, -0.25) is 4.39 Å². The number of halogens is 1. The summed E-state index contributed by atoms with van der Waals surface area (Å²) in [6, 6.07) is 59.5. The smallest absolute Gasteiger partial charge is 0.119 e. The summed E-state index contributed by atoms with van der Waals surface area (Å²) < 4.78 is 18.9. The van der Waals surface area contributed by atoms with Gasteiger partial charge in [-0.15, -0.1) is 35.4 Å². The Hall–Kier alpha value is -5.08. The molecule has 0 saturated carbocycles. The zero-order valence-corrected chi connectivity index (χ0v) is 29.4. The summed E-state index contributed by atoms with van der Waals surface area (Å²) in [4.78, 5) is 0. The number of rotatable bonds is 4. The van der Waals surface area contributed by atoms with Gasteiger partial charge in [0, 0.05) is 36.9 Å². The van der Waals surface area contributed by atoms with Gasteiger partial charge < -0.3 is 4.42 Å². The predicted octanol–water partition coefficient (Wildman–Crippen LogP) is 12.2. The molecule has 0 amide bonds. The third-order valence-electron chi connectivity index (χ3n) is 9.15. The fourth-order valence-electron chi connectivity index (χ4n) is 6.97. The van der Waals surface area contributed by atoms with Crippen molar-refractivity contribution in [1.29, 1.82) is 0 Å². The van der Waals surface area contributed by atoms with Crippen molar-refractivity contribution in [3.8, 4) is 33.4 Å². The molecule has 0 fully saturated rings. The SMILES string of the molecule is CC(C)c1c[c-]c(-c2[c-]cccc2)c2c1-c1ccccc1C2c1ccccc1.Fc1c[c-]c(-c2[c-]ccc3c2oc2ccccc23)cc1.[Ir]. The van der Waals surface area contributed by atoms with Crippen LogP contribution >= 0.6 is 0 Å². The molecule has 1 radical (unpaired) electrons. The molecule has 7 aromatic carbocycles. The van der Waals surface area contributed by atoms with Gasteiger partial charge in [-0.25, -0.2) is 16.7 Å². The average Bonchev–Trinajstić information content (AvgIpc) is 3.69. The van der Waals surface area contributed by atoms with Gasteiger partial charge in [-0.05, 0) is 28.7 Å². The minimum atomic E-state index is -0.300. The van der Waals surface area contributed by atoms with E-state index in [1.807, 2.05) is 48.5 Å². The van der Waals surface area contributed by atoms with Gasteiger partial charge in [-0.1, -0.05) is 97.9 Å². The second-order valence-electron chi connectivity index (χ2n) is 12.4. The average molecular weight is 811 g/mol. The first-order valence-electron chi connectivity index (χ1n) is 16.3. The monoisotopic (exact) mass is 811 g/mol. The molecule has 0 N–H and O–H groups in total. The Morgan fingerprint density at radius 3 is 2.16 bits per heavy atom. The van der Waals surface area contributed by atoms with Crippen LogP contribution in [0.5, 0.6) is 0 Å². The summed E-state index contributed by atoms with van der Waals surface area (Å²) in [6.45, 7) is 4.55. The molecule has 49 heavy (non-hydrogen) atoms. The van der Waals surface area contributed by atoms with Crippen molar-refractivity contribution < 1.29 is 28.9 Å².